The van der Waals surface area contributed by atoms with Crippen molar-refractivity contribution in [3.05, 3.63) is 18.7 Å². The lowest BCUT2D eigenvalue weighted by Crippen LogP contribution is -2.40. The van der Waals surface area contributed by atoms with Gasteiger partial charge in [0.2, 0.25) is 0 Å². The molecule has 2 aliphatic heterocycles. The molecular weight excluding hydrogens is 188 g/mol. The summed E-state index contributed by atoms with van der Waals surface area (Å²) in [5.74, 6) is 0.828. The average molecular weight is 204 g/mol. The third-order valence-electron chi connectivity index (χ3n) is 3.47. The van der Waals surface area contributed by atoms with Gasteiger partial charge >= 0.3 is 0 Å². The van der Waals surface area contributed by atoms with Crippen LogP contribution in [-0.2, 0) is 0 Å². The Kier molecular flexibility index (Phi) is 2.09. The van der Waals surface area contributed by atoms with Crippen molar-refractivity contribution in [2.75, 3.05) is 31.6 Å². The van der Waals surface area contributed by atoms with Crippen LogP contribution in [0.3, 0.4) is 0 Å². The van der Waals surface area contributed by atoms with E-state index in [1.54, 1.807) is 6.33 Å². The lowest BCUT2D eigenvalue weighted by Gasteiger charge is -2.30. The van der Waals surface area contributed by atoms with Gasteiger partial charge in [-0.1, -0.05) is 0 Å². The van der Waals surface area contributed by atoms with Crippen LogP contribution in [0.25, 0.3) is 0 Å². The van der Waals surface area contributed by atoms with E-state index >= 15 is 0 Å². The van der Waals surface area contributed by atoms with E-state index in [1.165, 1.54) is 31.7 Å². The second kappa shape index (κ2) is 3.45. The largest absolute Gasteiger partial charge is 0.364 e. The van der Waals surface area contributed by atoms with Crippen LogP contribution in [-0.4, -0.2) is 47.6 Å². The Morgan fingerprint density at radius 1 is 1.20 bits per heavy atom. The van der Waals surface area contributed by atoms with Gasteiger partial charge in [0.05, 0.1) is 18.1 Å². The van der Waals surface area contributed by atoms with Crippen molar-refractivity contribution in [2.24, 2.45) is 5.92 Å². The molecule has 0 amide bonds. The Morgan fingerprint density at radius 2 is 2.00 bits per heavy atom. The minimum atomic E-state index is 0.666. The fourth-order valence-corrected chi connectivity index (χ4v) is 2.95. The average Bonchev–Trinajstić information content (AvgIpc) is 2.55. The Morgan fingerprint density at radius 3 is 2.80 bits per heavy atom. The van der Waals surface area contributed by atoms with Crippen LogP contribution < -0.4 is 4.90 Å². The van der Waals surface area contributed by atoms with Crippen molar-refractivity contribution in [3.63, 3.8) is 0 Å². The number of aromatic nitrogens is 2. The molecule has 0 N–H and O–H groups in total. The fourth-order valence-electron chi connectivity index (χ4n) is 2.95. The first-order valence-electron chi connectivity index (χ1n) is 5.53. The van der Waals surface area contributed by atoms with Crippen LogP contribution in [0.15, 0.2) is 18.7 Å². The van der Waals surface area contributed by atoms with Gasteiger partial charge in [-0.05, 0) is 19.4 Å². The number of likely N-dealkylation sites (N-methyl/N-ethyl adjacent to an activating group) is 1. The normalized spacial score (nSPS) is 30.9. The third-order valence-corrected chi connectivity index (χ3v) is 3.47. The summed E-state index contributed by atoms with van der Waals surface area (Å²) in [7, 11) is 2.21. The molecular formula is C11H16N4. The van der Waals surface area contributed by atoms with Crippen molar-refractivity contribution in [3.8, 4) is 0 Å². The summed E-state index contributed by atoms with van der Waals surface area (Å²) in [6.07, 6.45) is 6.78. The molecule has 2 atom stereocenters. The zero-order valence-corrected chi connectivity index (χ0v) is 9.00. The first-order valence-corrected chi connectivity index (χ1v) is 5.53. The fraction of sp³-hybridized carbons (Fsp3) is 0.636. The molecule has 1 aromatic heterocycles. The Labute approximate surface area is 89.9 Å². The Hall–Kier alpha value is -1.16. The predicted octanol–water partition coefficient (Wildman–Crippen LogP) is 0.617. The number of hydrogen-bond acceptors (Lipinski definition) is 4. The molecule has 4 nitrogen and oxygen atoms in total. The molecule has 0 aromatic carbocycles. The molecule has 3 rings (SSSR count). The van der Waals surface area contributed by atoms with E-state index < -0.39 is 0 Å². The van der Waals surface area contributed by atoms with Gasteiger partial charge in [0.15, 0.2) is 0 Å². The van der Waals surface area contributed by atoms with Crippen LogP contribution in [0.2, 0.25) is 0 Å². The van der Waals surface area contributed by atoms with Gasteiger partial charge in [-0.3, -0.25) is 0 Å². The molecule has 2 saturated heterocycles. The zero-order valence-electron chi connectivity index (χ0n) is 9.00. The van der Waals surface area contributed by atoms with Gasteiger partial charge in [-0.25, -0.2) is 9.97 Å². The molecule has 2 aliphatic rings. The smallest absolute Gasteiger partial charge is 0.115 e. The lowest BCUT2D eigenvalue weighted by molar-refractivity contribution is 0.235. The van der Waals surface area contributed by atoms with Crippen molar-refractivity contribution >= 4 is 5.69 Å². The van der Waals surface area contributed by atoms with Crippen molar-refractivity contribution in [1.82, 2.24) is 14.9 Å². The van der Waals surface area contributed by atoms with Crippen LogP contribution >= 0.6 is 0 Å². The molecule has 0 aliphatic carbocycles. The topological polar surface area (TPSA) is 32.3 Å². The maximum Gasteiger partial charge on any atom is 0.115 e. The van der Waals surface area contributed by atoms with E-state index in [1.807, 2.05) is 12.4 Å². The molecule has 0 radical (unpaired) electrons. The van der Waals surface area contributed by atoms with Crippen LogP contribution in [0, 0.1) is 5.92 Å². The highest BCUT2D eigenvalue weighted by Gasteiger charge is 2.37. The predicted molar refractivity (Wildman–Crippen MR) is 58.8 cm³/mol. The SMILES string of the molecule is CN1CC2CC(C1)N(c1cncnc1)C2. The van der Waals surface area contributed by atoms with Crippen molar-refractivity contribution in [2.45, 2.75) is 12.5 Å². The minimum absolute atomic E-state index is 0.666. The summed E-state index contributed by atoms with van der Waals surface area (Å²) in [5, 5.41) is 0. The van der Waals surface area contributed by atoms with E-state index in [0.29, 0.717) is 6.04 Å². The number of hydrogen-bond donors (Lipinski definition) is 0. The Bertz CT molecular complexity index is 340. The number of piperidine rings is 1. The monoisotopic (exact) mass is 204 g/mol. The summed E-state index contributed by atoms with van der Waals surface area (Å²) in [6.45, 7) is 3.58. The molecule has 3 heterocycles. The second-order valence-electron chi connectivity index (χ2n) is 4.73. The third kappa shape index (κ3) is 1.59. The minimum Gasteiger partial charge on any atom is -0.364 e. The number of anilines is 1. The van der Waals surface area contributed by atoms with E-state index in [4.69, 9.17) is 0 Å². The summed E-state index contributed by atoms with van der Waals surface area (Å²) in [4.78, 5) is 13.1. The zero-order chi connectivity index (χ0) is 10.3. The number of nitrogens with zero attached hydrogens (tertiary/aromatic N) is 4. The molecule has 2 bridgehead atoms. The first kappa shape index (κ1) is 9.09. The van der Waals surface area contributed by atoms with Crippen molar-refractivity contribution < 1.29 is 0 Å². The molecule has 0 spiro atoms. The van der Waals surface area contributed by atoms with Gasteiger partial charge in [-0.15, -0.1) is 0 Å². The lowest BCUT2D eigenvalue weighted by atomic mass is 10.0. The molecule has 15 heavy (non-hydrogen) atoms. The molecule has 0 saturated carbocycles. The molecule has 1 aromatic rings. The maximum atomic E-state index is 4.10. The number of fused-ring (bicyclic) bond motifs is 2. The highest BCUT2D eigenvalue weighted by Crippen LogP contribution is 2.32. The first-order chi connectivity index (χ1) is 7.33. The van der Waals surface area contributed by atoms with Crippen LogP contribution in [0.5, 0.6) is 0 Å². The molecule has 2 unspecified atom stereocenters. The second-order valence-corrected chi connectivity index (χ2v) is 4.73. The number of likely N-dealkylation sites (tertiary alicyclic amines) is 1. The highest BCUT2D eigenvalue weighted by atomic mass is 15.3. The highest BCUT2D eigenvalue weighted by molar-refractivity contribution is 5.45. The number of rotatable bonds is 1. The van der Waals surface area contributed by atoms with Crippen LogP contribution in [0.4, 0.5) is 5.69 Å². The summed E-state index contributed by atoms with van der Waals surface area (Å²) >= 11 is 0. The van der Waals surface area contributed by atoms with Crippen LogP contribution in [0.1, 0.15) is 6.42 Å². The molecule has 4 heteroatoms. The van der Waals surface area contributed by atoms with E-state index in [-0.39, 0.29) is 0 Å². The van der Waals surface area contributed by atoms with Gasteiger partial charge in [-0.2, -0.15) is 0 Å². The maximum absolute atomic E-state index is 4.10. The van der Waals surface area contributed by atoms with E-state index in [9.17, 15) is 0 Å². The van der Waals surface area contributed by atoms with Gasteiger partial charge < -0.3 is 9.80 Å². The van der Waals surface area contributed by atoms with Gasteiger partial charge in [0.1, 0.15) is 6.33 Å². The standard InChI is InChI=1S/C11H16N4/c1-14-5-9-2-10(7-14)15(6-9)11-3-12-8-13-4-11/h3-4,8-10H,2,5-7H2,1H3. The van der Waals surface area contributed by atoms with E-state index in [0.717, 1.165) is 5.92 Å². The van der Waals surface area contributed by atoms with Gasteiger partial charge in [0, 0.05) is 25.7 Å². The Balaban J connectivity index is 1.84. The summed E-state index contributed by atoms with van der Waals surface area (Å²) in [5.41, 5.74) is 1.18. The summed E-state index contributed by atoms with van der Waals surface area (Å²) in [6, 6.07) is 0.666. The van der Waals surface area contributed by atoms with Crippen molar-refractivity contribution in [1.29, 1.82) is 0 Å². The van der Waals surface area contributed by atoms with E-state index in [2.05, 4.69) is 26.8 Å². The molecule has 2 fully saturated rings. The summed E-state index contributed by atoms with van der Waals surface area (Å²) < 4.78 is 0. The van der Waals surface area contributed by atoms with Gasteiger partial charge in [0.25, 0.3) is 0 Å². The quantitative estimate of drug-likeness (QED) is 0.671. The molecule has 80 valence electrons.